The number of halogens is 1. The molecule has 0 radical (unpaired) electrons. The number of thiazole rings is 1. The van der Waals surface area contributed by atoms with Crippen LogP contribution in [0.3, 0.4) is 0 Å². The first-order chi connectivity index (χ1) is 9.11. The van der Waals surface area contributed by atoms with E-state index in [1.807, 2.05) is 18.4 Å². The van der Waals surface area contributed by atoms with Gasteiger partial charge in [0.05, 0.1) is 22.0 Å². The van der Waals surface area contributed by atoms with Crippen molar-refractivity contribution in [2.45, 2.75) is 13.3 Å². The number of aromatic nitrogens is 1. The Morgan fingerprint density at radius 3 is 2.95 bits per heavy atom. The van der Waals surface area contributed by atoms with Crippen molar-refractivity contribution in [3.05, 3.63) is 51.0 Å². The number of nitrogens with zero attached hydrogens (tertiary/aromatic N) is 1. The third-order valence-corrected chi connectivity index (χ3v) is 4.73. The van der Waals surface area contributed by atoms with E-state index in [9.17, 15) is 9.18 Å². The molecule has 0 saturated heterocycles. The predicted molar refractivity (Wildman–Crippen MR) is 76.7 cm³/mol. The van der Waals surface area contributed by atoms with E-state index in [0.717, 1.165) is 20.8 Å². The van der Waals surface area contributed by atoms with Crippen molar-refractivity contribution in [2.75, 3.05) is 0 Å². The number of fused-ring (bicyclic) bond motifs is 1. The molecule has 0 aliphatic carbocycles. The van der Waals surface area contributed by atoms with Crippen molar-refractivity contribution in [3.63, 3.8) is 0 Å². The molecule has 2 aromatic heterocycles. The zero-order valence-corrected chi connectivity index (χ0v) is 11.8. The lowest BCUT2D eigenvalue weighted by atomic mass is 10.2. The molecule has 1 aromatic carbocycles. The molecule has 0 aliphatic heterocycles. The Hall–Kier alpha value is -1.59. The second kappa shape index (κ2) is 4.83. The van der Waals surface area contributed by atoms with Gasteiger partial charge in [0.15, 0.2) is 5.78 Å². The smallest absolute Gasteiger partial charge is 0.178 e. The van der Waals surface area contributed by atoms with Crippen molar-refractivity contribution in [1.82, 2.24) is 4.98 Å². The van der Waals surface area contributed by atoms with Crippen LogP contribution in [0.15, 0.2) is 29.6 Å². The van der Waals surface area contributed by atoms with Gasteiger partial charge in [-0.1, -0.05) is 6.07 Å². The van der Waals surface area contributed by atoms with Crippen molar-refractivity contribution in [2.24, 2.45) is 0 Å². The van der Waals surface area contributed by atoms with Gasteiger partial charge in [0.2, 0.25) is 0 Å². The van der Waals surface area contributed by atoms with Crippen LogP contribution in [0.1, 0.15) is 20.4 Å². The molecular weight excluding hydrogens is 281 g/mol. The van der Waals surface area contributed by atoms with Gasteiger partial charge in [-0.2, -0.15) is 0 Å². The third kappa shape index (κ3) is 2.57. The SMILES string of the molecule is Cc1nc(CC(=O)c2cc3ccc(F)cc3s2)cs1. The van der Waals surface area contributed by atoms with E-state index in [1.54, 1.807) is 6.07 Å². The van der Waals surface area contributed by atoms with Crippen LogP contribution < -0.4 is 0 Å². The summed E-state index contributed by atoms with van der Waals surface area (Å²) in [6.07, 6.45) is 0.305. The number of aryl methyl sites for hydroxylation is 1. The number of benzene rings is 1. The van der Waals surface area contributed by atoms with E-state index < -0.39 is 0 Å². The Bertz CT molecular complexity index is 760. The Morgan fingerprint density at radius 1 is 1.37 bits per heavy atom. The highest BCUT2D eigenvalue weighted by Crippen LogP contribution is 2.27. The number of hydrogen-bond acceptors (Lipinski definition) is 4. The minimum absolute atomic E-state index is 0.0342. The van der Waals surface area contributed by atoms with Crippen LogP contribution in [0.4, 0.5) is 4.39 Å². The van der Waals surface area contributed by atoms with E-state index in [-0.39, 0.29) is 11.6 Å². The average molecular weight is 291 g/mol. The largest absolute Gasteiger partial charge is 0.293 e. The first-order valence-corrected chi connectivity index (χ1v) is 7.45. The Labute approximate surface area is 117 Å². The van der Waals surface area contributed by atoms with Crippen molar-refractivity contribution in [1.29, 1.82) is 0 Å². The average Bonchev–Trinajstić information content (AvgIpc) is 2.95. The molecule has 0 spiro atoms. The number of Topliss-reactive ketones (excluding diaryl/α,β-unsaturated/α-hetero) is 1. The monoisotopic (exact) mass is 291 g/mol. The molecule has 0 aliphatic rings. The van der Waals surface area contributed by atoms with Crippen LogP contribution in [-0.4, -0.2) is 10.8 Å². The lowest BCUT2D eigenvalue weighted by Gasteiger charge is -1.93. The van der Waals surface area contributed by atoms with E-state index >= 15 is 0 Å². The second-order valence-electron chi connectivity index (χ2n) is 4.25. The predicted octanol–water partition coefficient (Wildman–Crippen LogP) is 4.23. The number of carbonyl (C=O) groups excluding carboxylic acids is 1. The van der Waals surface area contributed by atoms with Crippen molar-refractivity contribution < 1.29 is 9.18 Å². The lowest BCUT2D eigenvalue weighted by Crippen LogP contribution is -2.01. The molecule has 0 fully saturated rings. The summed E-state index contributed by atoms with van der Waals surface area (Å²) in [5.74, 6) is -0.240. The molecule has 3 rings (SSSR count). The van der Waals surface area contributed by atoms with Gasteiger partial charge in [-0.3, -0.25) is 4.79 Å². The van der Waals surface area contributed by atoms with E-state index in [4.69, 9.17) is 0 Å². The minimum Gasteiger partial charge on any atom is -0.293 e. The molecular formula is C14H10FNOS2. The fourth-order valence-electron chi connectivity index (χ4n) is 1.88. The molecule has 0 N–H and O–H groups in total. The summed E-state index contributed by atoms with van der Waals surface area (Å²) in [4.78, 5) is 17.1. The summed E-state index contributed by atoms with van der Waals surface area (Å²) in [5, 5.41) is 3.77. The maximum atomic E-state index is 13.1. The maximum Gasteiger partial charge on any atom is 0.178 e. The first-order valence-electron chi connectivity index (χ1n) is 5.75. The molecule has 0 unspecified atom stereocenters. The molecule has 0 saturated carbocycles. The quantitative estimate of drug-likeness (QED) is 0.676. The summed E-state index contributed by atoms with van der Waals surface area (Å²) in [7, 11) is 0. The molecule has 0 amide bonds. The highest BCUT2D eigenvalue weighted by atomic mass is 32.1. The van der Waals surface area contributed by atoms with Crippen LogP contribution in [-0.2, 0) is 6.42 Å². The van der Waals surface area contributed by atoms with Crippen LogP contribution in [0.25, 0.3) is 10.1 Å². The highest BCUT2D eigenvalue weighted by molar-refractivity contribution is 7.20. The van der Waals surface area contributed by atoms with Crippen LogP contribution >= 0.6 is 22.7 Å². The Morgan fingerprint density at radius 2 is 2.21 bits per heavy atom. The Balaban J connectivity index is 1.89. The topological polar surface area (TPSA) is 30.0 Å². The number of ketones is 1. The highest BCUT2D eigenvalue weighted by Gasteiger charge is 2.13. The zero-order valence-electron chi connectivity index (χ0n) is 10.1. The van der Waals surface area contributed by atoms with Gasteiger partial charge in [-0.25, -0.2) is 9.37 Å². The lowest BCUT2D eigenvalue weighted by molar-refractivity contribution is 0.0996. The summed E-state index contributed by atoms with van der Waals surface area (Å²) in [6, 6.07) is 6.39. The fourth-order valence-corrected chi connectivity index (χ4v) is 3.52. The molecule has 0 atom stereocenters. The summed E-state index contributed by atoms with van der Waals surface area (Å²) < 4.78 is 13.9. The first kappa shape index (κ1) is 12.4. The molecule has 96 valence electrons. The molecule has 0 bridgehead atoms. The third-order valence-electron chi connectivity index (χ3n) is 2.77. The normalized spacial score (nSPS) is 11.1. The summed E-state index contributed by atoms with van der Waals surface area (Å²) in [5.41, 5.74) is 0.802. The molecule has 5 heteroatoms. The second-order valence-corrected chi connectivity index (χ2v) is 6.40. The standard InChI is InChI=1S/C14H10FNOS2/c1-8-16-11(7-18-8)6-12(17)14-4-9-2-3-10(15)5-13(9)19-14/h2-5,7H,6H2,1H3. The van der Waals surface area contributed by atoms with Crippen LogP contribution in [0.5, 0.6) is 0 Å². The van der Waals surface area contributed by atoms with Gasteiger partial charge in [0.1, 0.15) is 5.82 Å². The number of carbonyl (C=O) groups is 1. The molecule has 2 heterocycles. The minimum atomic E-state index is -0.275. The summed E-state index contributed by atoms with van der Waals surface area (Å²) in [6.45, 7) is 1.92. The van der Waals surface area contributed by atoms with E-state index in [2.05, 4.69) is 4.98 Å². The number of rotatable bonds is 3. The Kier molecular flexibility index (Phi) is 3.16. The van der Waals surface area contributed by atoms with E-state index in [0.29, 0.717) is 11.3 Å². The fraction of sp³-hybridized carbons (Fsp3) is 0.143. The van der Waals surface area contributed by atoms with Crippen molar-refractivity contribution >= 4 is 38.5 Å². The number of thiophene rings is 1. The van der Waals surface area contributed by atoms with Crippen LogP contribution in [0.2, 0.25) is 0 Å². The molecule has 19 heavy (non-hydrogen) atoms. The van der Waals surface area contributed by atoms with Gasteiger partial charge < -0.3 is 0 Å². The summed E-state index contributed by atoms with van der Waals surface area (Å²) >= 11 is 2.87. The van der Waals surface area contributed by atoms with Gasteiger partial charge in [0.25, 0.3) is 0 Å². The van der Waals surface area contributed by atoms with Gasteiger partial charge >= 0.3 is 0 Å². The zero-order chi connectivity index (χ0) is 13.4. The van der Waals surface area contributed by atoms with Gasteiger partial charge in [-0.15, -0.1) is 22.7 Å². The van der Waals surface area contributed by atoms with E-state index in [1.165, 1.54) is 34.8 Å². The van der Waals surface area contributed by atoms with Gasteiger partial charge in [0, 0.05) is 10.1 Å². The maximum absolute atomic E-state index is 13.1. The van der Waals surface area contributed by atoms with Gasteiger partial charge in [-0.05, 0) is 30.5 Å². The van der Waals surface area contributed by atoms with Crippen LogP contribution in [0, 0.1) is 12.7 Å². The van der Waals surface area contributed by atoms with Crippen molar-refractivity contribution in [3.8, 4) is 0 Å². The molecule has 3 aromatic rings. The molecule has 2 nitrogen and oxygen atoms in total. The number of hydrogen-bond donors (Lipinski definition) is 0.